The van der Waals surface area contributed by atoms with E-state index in [0.717, 1.165) is 57.6 Å². The number of aromatic nitrogens is 1. The van der Waals surface area contributed by atoms with Gasteiger partial charge in [0.1, 0.15) is 0 Å². The maximum Gasteiger partial charge on any atom is 0.246 e. The van der Waals surface area contributed by atoms with E-state index in [9.17, 15) is 4.79 Å². The van der Waals surface area contributed by atoms with Gasteiger partial charge in [0.25, 0.3) is 0 Å². The lowest BCUT2D eigenvalue weighted by molar-refractivity contribution is -0.130. The second-order valence-electron chi connectivity index (χ2n) is 7.58. The standard InChI is InChI=1S/C20H29N3O2/c1-22(2)11-5-7-19(24)23-12-8-20(9-13-23)15-17(16-25-20)14-18-6-3-4-10-21-18/h3-7,10,17H,8-9,11-16H2,1-2H3/b7-5+. The van der Waals surface area contributed by atoms with Crippen LogP contribution in [-0.4, -0.2) is 66.6 Å². The van der Waals surface area contributed by atoms with Crippen LogP contribution >= 0.6 is 0 Å². The van der Waals surface area contributed by atoms with Gasteiger partial charge in [-0.05, 0) is 57.8 Å². The lowest BCUT2D eigenvalue weighted by Crippen LogP contribution is -2.46. The second kappa shape index (κ2) is 8.11. The van der Waals surface area contributed by atoms with Crippen LogP contribution < -0.4 is 0 Å². The molecule has 1 aromatic rings. The van der Waals surface area contributed by atoms with E-state index in [1.54, 1.807) is 6.08 Å². The van der Waals surface area contributed by atoms with Crippen LogP contribution in [0.4, 0.5) is 0 Å². The number of amides is 1. The number of nitrogens with zero attached hydrogens (tertiary/aromatic N) is 3. The zero-order valence-electron chi connectivity index (χ0n) is 15.4. The number of likely N-dealkylation sites (tertiary alicyclic amines) is 1. The zero-order valence-corrected chi connectivity index (χ0v) is 15.4. The van der Waals surface area contributed by atoms with Gasteiger partial charge < -0.3 is 14.5 Å². The summed E-state index contributed by atoms with van der Waals surface area (Å²) in [5.41, 5.74) is 1.12. The summed E-state index contributed by atoms with van der Waals surface area (Å²) in [6, 6.07) is 6.09. The Labute approximate surface area is 150 Å². The number of carbonyl (C=O) groups excluding carboxylic acids is 1. The van der Waals surface area contributed by atoms with E-state index in [2.05, 4.69) is 11.1 Å². The SMILES string of the molecule is CN(C)C/C=C/C(=O)N1CCC2(CC1)CC(Cc1ccccn1)CO2. The Morgan fingerprint density at radius 3 is 2.88 bits per heavy atom. The molecule has 2 saturated heterocycles. The van der Waals surface area contributed by atoms with Crippen molar-refractivity contribution < 1.29 is 9.53 Å². The second-order valence-corrected chi connectivity index (χ2v) is 7.58. The molecule has 0 aliphatic carbocycles. The number of likely N-dealkylation sites (N-methyl/N-ethyl adjacent to an activating group) is 1. The molecule has 0 bridgehead atoms. The molecule has 2 aliphatic rings. The Kier molecular flexibility index (Phi) is 5.86. The Bertz CT molecular complexity index is 592. The topological polar surface area (TPSA) is 45.7 Å². The van der Waals surface area contributed by atoms with E-state index in [1.807, 2.05) is 48.3 Å². The number of rotatable bonds is 5. The summed E-state index contributed by atoms with van der Waals surface area (Å²) >= 11 is 0. The van der Waals surface area contributed by atoms with Crippen LogP contribution in [-0.2, 0) is 16.0 Å². The third kappa shape index (κ3) is 4.89. The molecule has 3 heterocycles. The van der Waals surface area contributed by atoms with E-state index >= 15 is 0 Å². The largest absolute Gasteiger partial charge is 0.375 e. The number of hydrogen-bond acceptors (Lipinski definition) is 4. The third-order valence-electron chi connectivity index (χ3n) is 5.23. The molecule has 1 amide bonds. The maximum absolute atomic E-state index is 12.3. The van der Waals surface area contributed by atoms with Crippen molar-refractivity contribution in [2.24, 2.45) is 5.92 Å². The summed E-state index contributed by atoms with van der Waals surface area (Å²) in [6.07, 6.45) is 9.45. The number of ether oxygens (including phenoxy) is 1. The predicted molar refractivity (Wildman–Crippen MR) is 98.2 cm³/mol. The van der Waals surface area contributed by atoms with E-state index in [-0.39, 0.29) is 11.5 Å². The zero-order chi connectivity index (χ0) is 17.7. The molecule has 25 heavy (non-hydrogen) atoms. The van der Waals surface area contributed by atoms with Crippen molar-refractivity contribution >= 4 is 5.91 Å². The van der Waals surface area contributed by atoms with Gasteiger partial charge in [-0.3, -0.25) is 9.78 Å². The van der Waals surface area contributed by atoms with Gasteiger partial charge in [0.15, 0.2) is 0 Å². The van der Waals surface area contributed by atoms with Crippen LogP contribution in [0.3, 0.4) is 0 Å². The van der Waals surface area contributed by atoms with Crippen molar-refractivity contribution in [1.29, 1.82) is 0 Å². The van der Waals surface area contributed by atoms with Gasteiger partial charge in [-0.15, -0.1) is 0 Å². The van der Waals surface area contributed by atoms with Crippen molar-refractivity contribution in [3.63, 3.8) is 0 Å². The highest BCUT2D eigenvalue weighted by atomic mass is 16.5. The molecule has 1 spiro atoms. The quantitative estimate of drug-likeness (QED) is 0.769. The fraction of sp³-hybridized carbons (Fsp3) is 0.600. The minimum absolute atomic E-state index is 0.0242. The summed E-state index contributed by atoms with van der Waals surface area (Å²) in [5, 5.41) is 0. The van der Waals surface area contributed by atoms with Crippen molar-refractivity contribution in [1.82, 2.24) is 14.8 Å². The van der Waals surface area contributed by atoms with Gasteiger partial charge in [-0.2, -0.15) is 0 Å². The van der Waals surface area contributed by atoms with Crippen molar-refractivity contribution in [2.75, 3.05) is 40.3 Å². The molecule has 2 aliphatic heterocycles. The summed E-state index contributed by atoms with van der Waals surface area (Å²) in [4.78, 5) is 20.7. The molecule has 5 heteroatoms. The molecular weight excluding hydrogens is 314 g/mol. The van der Waals surface area contributed by atoms with Crippen LogP contribution in [0.25, 0.3) is 0 Å². The molecule has 2 fully saturated rings. The predicted octanol–water partition coefficient (Wildman–Crippen LogP) is 2.14. The maximum atomic E-state index is 12.3. The lowest BCUT2D eigenvalue weighted by Gasteiger charge is -2.38. The molecule has 136 valence electrons. The fourth-order valence-electron chi connectivity index (χ4n) is 3.84. The van der Waals surface area contributed by atoms with Gasteiger partial charge in [0.05, 0.1) is 12.2 Å². The first-order chi connectivity index (χ1) is 12.1. The Balaban J connectivity index is 1.47. The van der Waals surface area contributed by atoms with Crippen LogP contribution in [0.2, 0.25) is 0 Å². The molecule has 0 radical (unpaired) electrons. The molecule has 3 rings (SSSR count). The molecule has 1 unspecified atom stereocenters. The van der Waals surface area contributed by atoms with Crippen LogP contribution in [0.5, 0.6) is 0 Å². The Morgan fingerprint density at radius 1 is 1.40 bits per heavy atom. The molecule has 0 N–H and O–H groups in total. The van der Waals surface area contributed by atoms with Crippen molar-refractivity contribution in [2.45, 2.75) is 31.3 Å². The van der Waals surface area contributed by atoms with E-state index < -0.39 is 0 Å². The summed E-state index contributed by atoms with van der Waals surface area (Å²) in [6.45, 7) is 3.19. The van der Waals surface area contributed by atoms with E-state index in [0.29, 0.717) is 5.92 Å². The number of hydrogen-bond donors (Lipinski definition) is 0. The molecule has 0 aromatic carbocycles. The van der Waals surface area contributed by atoms with Gasteiger partial charge in [0, 0.05) is 37.6 Å². The minimum atomic E-state index is -0.0242. The Hall–Kier alpha value is -1.72. The molecule has 0 saturated carbocycles. The third-order valence-corrected chi connectivity index (χ3v) is 5.23. The Morgan fingerprint density at radius 2 is 2.20 bits per heavy atom. The van der Waals surface area contributed by atoms with Crippen molar-refractivity contribution in [3.05, 3.63) is 42.2 Å². The number of carbonyl (C=O) groups is 1. The van der Waals surface area contributed by atoms with Gasteiger partial charge in [0.2, 0.25) is 5.91 Å². The average Bonchev–Trinajstić information content (AvgIpc) is 2.98. The van der Waals surface area contributed by atoms with Crippen LogP contribution in [0.15, 0.2) is 36.5 Å². The van der Waals surface area contributed by atoms with Gasteiger partial charge >= 0.3 is 0 Å². The highest BCUT2D eigenvalue weighted by Crippen LogP contribution is 2.39. The monoisotopic (exact) mass is 343 g/mol. The molecular formula is C20H29N3O2. The molecule has 5 nitrogen and oxygen atoms in total. The highest BCUT2D eigenvalue weighted by Gasteiger charge is 2.43. The van der Waals surface area contributed by atoms with Crippen LogP contribution in [0.1, 0.15) is 25.0 Å². The van der Waals surface area contributed by atoms with Gasteiger partial charge in [-0.25, -0.2) is 0 Å². The smallest absolute Gasteiger partial charge is 0.246 e. The molecule has 1 aromatic heterocycles. The first-order valence-electron chi connectivity index (χ1n) is 9.20. The summed E-state index contributed by atoms with van der Waals surface area (Å²) < 4.78 is 6.22. The van der Waals surface area contributed by atoms with Crippen molar-refractivity contribution in [3.8, 4) is 0 Å². The highest BCUT2D eigenvalue weighted by molar-refractivity contribution is 5.87. The lowest BCUT2D eigenvalue weighted by atomic mass is 9.84. The fourth-order valence-corrected chi connectivity index (χ4v) is 3.84. The summed E-state index contributed by atoms with van der Waals surface area (Å²) in [7, 11) is 4.00. The normalized spacial score (nSPS) is 23.0. The first kappa shape index (κ1) is 18.1. The van der Waals surface area contributed by atoms with Crippen LogP contribution in [0, 0.1) is 5.92 Å². The minimum Gasteiger partial charge on any atom is -0.375 e. The van der Waals surface area contributed by atoms with E-state index in [1.165, 1.54) is 0 Å². The first-order valence-corrected chi connectivity index (χ1v) is 9.20. The summed E-state index contributed by atoms with van der Waals surface area (Å²) in [5.74, 6) is 0.664. The average molecular weight is 343 g/mol. The number of pyridine rings is 1. The van der Waals surface area contributed by atoms with Gasteiger partial charge in [-0.1, -0.05) is 12.1 Å². The van der Waals surface area contributed by atoms with E-state index in [4.69, 9.17) is 4.74 Å². The number of piperidine rings is 1. The molecule has 1 atom stereocenters.